The lowest BCUT2D eigenvalue weighted by atomic mass is 10.1. The maximum Gasteiger partial charge on any atom is 0.410 e. The van der Waals surface area contributed by atoms with Crippen LogP contribution in [0, 0.1) is 0 Å². The van der Waals surface area contributed by atoms with Gasteiger partial charge in [0.1, 0.15) is 17.8 Å². The summed E-state index contributed by atoms with van der Waals surface area (Å²) in [5.41, 5.74) is -0.496. The summed E-state index contributed by atoms with van der Waals surface area (Å²) in [6, 6.07) is 0.254. The number of ether oxygens (including phenoxy) is 1. The van der Waals surface area contributed by atoms with Crippen LogP contribution in [0.4, 0.5) is 4.79 Å². The maximum atomic E-state index is 12.4. The molecule has 2 N–H and O–H groups in total. The molecular weight excluding hydrogens is 358 g/mol. The zero-order chi connectivity index (χ0) is 20.6. The van der Waals surface area contributed by atoms with E-state index < -0.39 is 5.60 Å². The smallest absolute Gasteiger partial charge is 0.410 e. The van der Waals surface area contributed by atoms with Gasteiger partial charge in [0.15, 0.2) is 5.96 Å². The van der Waals surface area contributed by atoms with Crippen LogP contribution in [0.25, 0.3) is 0 Å². The van der Waals surface area contributed by atoms with E-state index in [1.54, 1.807) is 11.2 Å². The third-order valence-corrected chi connectivity index (χ3v) is 4.28. The van der Waals surface area contributed by atoms with Gasteiger partial charge in [0.2, 0.25) is 0 Å². The van der Waals surface area contributed by atoms with Crippen LogP contribution in [0.2, 0.25) is 0 Å². The van der Waals surface area contributed by atoms with Crippen molar-refractivity contribution >= 4 is 12.1 Å². The Labute approximate surface area is 167 Å². The number of rotatable bonds is 7. The highest BCUT2D eigenvalue weighted by molar-refractivity contribution is 5.80. The first-order chi connectivity index (χ1) is 13.3. The predicted octanol–water partition coefficient (Wildman–Crippen LogP) is 1.80. The number of hydrogen-bond donors (Lipinski definition) is 2. The van der Waals surface area contributed by atoms with E-state index in [1.165, 1.54) is 0 Å². The zero-order valence-corrected chi connectivity index (χ0v) is 17.9. The lowest BCUT2D eigenvalue weighted by Gasteiger charge is -2.27. The molecule has 1 amide bonds. The Morgan fingerprint density at radius 3 is 2.86 bits per heavy atom. The first-order valence-corrected chi connectivity index (χ1v) is 10.2. The van der Waals surface area contributed by atoms with Crippen LogP contribution >= 0.6 is 0 Å². The summed E-state index contributed by atoms with van der Waals surface area (Å²) >= 11 is 0. The molecule has 0 saturated heterocycles. The third kappa shape index (κ3) is 7.01. The number of carbonyl (C=O) groups excluding carboxylic acids is 1. The van der Waals surface area contributed by atoms with Crippen molar-refractivity contribution in [3.05, 3.63) is 12.2 Å². The van der Waals surface area contributed by atoms with E-state index in [4.69, 9.17) is 4.74 Å². The van der Waals surface area contributed by atoms with Gasteiger partial charge in [0.05, 0.1) is 13.1 Å². The lowest BCUT2D eigenvalue weighted by Crippen LogP contribution is -2.47. The molecule has 28 heavy (non-hydrogen) atoms. The predicted molar refractivity (Wildman–Crippen MR) is 109 cm³/mol. The molecule has 0 aromatic carbocycles. The minimum Gasteiger partial charge on any atom is -0.444 e. The van der Waals surface area contributed by atoms with Crippen molar-refractivity contribution in [3.63, 3.8) is 0 Å². The molecule has 1 aliphatic rings. The summed E-state index contributed by atoms with van der Waals surface area (Å²) in [6.07, 6.45) is 4.09. The van der Waals surface area contributed by atoms with Crippen molar-refractivity contribution in [3.8, 4) is 0 Å². The van der Waals surface area contributed by atoms with Crippen molar-refractivity contribution in [1.29, 1.82) is 0 Å². The van der Waals surface area contributed by atoms with E-state index in [0.717, 1.165) is 44.1 Å². The fourth-order valence-corrected chi connectivity index (χ4v) is 3.04. The van der Waals surface area contributed by atoms with Crippen LogP contribution in [0.1, 0.15) is 53.3 Å². The van der Waals surface area contributed by atoms with Crippen LogP contribution in [0.15, 0.2) is 11.3 Å². The highest BCUT2D eigenvalue weighted by Gasteiger charge is 2.22. The molecule has 0 bridgehead atoms. The Bertz CT molecular complexity index is 651. The van der Waals surface area contributed by atoms with Crippen LogP contribution in [-0.4, -0.2) is 69.5 Å². The van der Waals surface area contributed by atoms with E-state index in [0.29, 0.717) is 19.6 Å². The molecule has 1 aromatic rings. The Hall–Kier alpha value is -2.32. The molecule has 0 fully saturated rings. The standard InChI is InChI=1S/C19H35N7O2/c1-6-11-25(18(27)28-19(3,4)5)12-10-21-17(20-7-2)24-15-8-9-16-22-14-23-26(16)13-15/h14-15H,6-13H2,1-5H3,(H2,20,21,24). The maximum absolute atomic E-state index is 12.4. The van der Waals surface area contributed by atoms with E-state index in [-0.39, 0.29) is 12.1 Å². The fraction of sp³-hybridized carbons (Fsp3) is 0.789. The quantitative estimate of drug-likeness (QED) is 0.542. The van der Waals surface area contributed by atoms with Crippen molar-refractivity contribution in [2.75, 3.05) is 26.2 Å². The Morgan fingerprint density at radius 2 is 2.18 bits per heavy atom. The number of hydrogen-bond acceptors (Lipinski definition) is 5. The average Bonchev–Trinajstić information content (AvgIpc) is 3.07. The monoisotopic (exact) mass is 393 g/mol. The molecule has 2 heterocycles. The van der Waals surface area contributed by atoms with Crippen LogP contribution < -0.4 is 10.6 Å². The van der Waals surface area contributed by atoms with Gasteiger partial charge in [0, 0.05) is 32.1 Å². The van der Waals surface area contributed by atoms with Crippen molar-refractivity contribution in [1.82, 2.24) is 30.3 Å². The van der Waals surface area contributed by atoms with Gasteiger partial charge in [-0.2, -0.15) is 5.10 Å². The number of carbonyl (C=O) groups is 1. The topological polar surface area (TPSA) is 96.7 Å². The molecule has 2 rings (SSSR count). The van der Waals surface area contributed by atoms with E-state index in [1.807, 2.05) is 39.3 Å². The van der Waals surface area contributed by atoms with Crippen molar-refractivity contribution in [2.45, 2.75) is 72.1 Å². The Morgan fingerprint density at radius 1 is 1.39 bits per heavy atom. The second-order valence-corrected chi connectivity index (χ2v) is 7.97. The fourth-order valence-electron chi connectivity index (χ4n) is 3.04. The first kappa shape index (κ1) is 22.0. The van der Waals surface area contributed by atoms with Gasteiger partial charge in [-0.25, -0.2) is 14.5 Å². The van der Waals surface area contributed by atoms with Gasteiger partial charge in [-0.1, -0.05) is 6.92 Å². The molecule has 0 saturated carbocycles. The summed E-state index contributed by atoms with van der Waals surface area (Å²) < 4.78 is 7.44. The summed E-state index contributed by atoms with van der Waals surface area (Å²) in [5, 5.41) is 11.0. The van der Waals surface area contributed by atoms with Gasteiger partial charge in [0.25, 0.3) is 0 Å². The SMILES string of the molecule is CCCN(CCN=C(NCC)NC1CCc2ncnn2C1)C(=O)OC(C)(C)C. The number of nitrogens with one attached hydrogen (secondary N) is 2. The molecule has 9 heteroatoms. The minimum absolute atomic E-state index is 0.254. The highest BCUT2D eigenvalue weighted by Crippen LogP contribution is 2.12. The molecule has 9 nitrogen and oxygen atoms in total. The summed E-state index contributed by atoms with van der Waals surface area (Å²) in [7, 11) is 0. The van der Waals surface area contributed by atoms with Gasteiger partial charge < -0.3 is 20.3 Å². The average molecular weight is 394 g/mol. The van der Waals surface area contributed by atoms with Crippen molar-refractivity contribution < 1.29 is 9.53 Å². The molecule has 1 aromatic heterocycles. The van der Waals surface area contributed by atoms with Gasteiger partial charge in [-0.3, -0.25) is 4.99 Å². The zero-order valence-electron chi connectivity index (χ0n) is 17.9. The number of amides is 1. The lowest BCUT2D eigenvalue weighted by molar-refractivity contribution is 0.0256. The van der Waals surface area contributed by atoms with Crippen LogP contribution in [-0.2, 0) is 17.7 Å². The van der Waals surface area contributed by atoms with Crippen LogP contribution in [0.3, 0.4) is 0 Å². The summed E-state index contributed by atoms with van der Waals surface area (Å²) in [6.45, 7) is 13.0. The largest absolute Gasteiger partial charge is 0.444 e. The van der Waals surface area contributed by atoms with Crippen LogP contribution in [0.5, 0.6) is 0 Å². The second-order valence-electron chi connectivity index (χ2n) is 7.97. The number of aliphatic imine (C=N–C) groups is 1. The molecule has 1 aliphatic heterocycles. The summed E-state index contributed by atoms with van der Waals surface area (Å²) in [4.78, 5) is 23.0. The molecule has 0 radical (unpaired) electrons. The van der Waals surface area contributed by atoms with E-state index >= 15 is 0 Å². The molecule has 1 unspecified atom stereocenters. The van der Waals surface area contributed by atoms with Gasteiger partial charge in [-0.15, -0.1) is 0 Å². The number of aromatic nitrogens is 3. The number of fused-ring (bicyclic) bond motifs is 1. The van der Waals surface area contributed by atoms with Gasteiger partial charge in [-0.05, 0) is 40.5 Å². The Balaban J connectivity index is 1.90. The van der Waals surface area contributed by atoms with Crippen molar-refractivity contribution in [2.24, 2.45) is 4.99 Å². The van der Waals surface area contributed by atoms with Gasteiger partial charge >= 0.3 is 6.09 Å². The molecule has 0 spiro atoms. The summed E-state index contributed by atoms with van der Waals surface area (Å²) in [5.74, 6) is 1.80. The number of guanidine groups is 1. The normalized spacial score (nSPS) is 17.0. The number of aryl methyl sites for hydroxylation is 1. The molecule has 1 atom stereocenters. The second kappa shape index (κ2) is 10.3. The van der Waals surface area contributed by atoms with E-state index in [9.17, 15) is 4.79 Å². The molecular formula is C19H35N7O2. The molecule has 158 valence electrons. The third-order valence-electron chi connectivity index (χ3n) is 4.28. The first-order valence-electron chi connectivity index (χ1n) is 10.2. The Kier molecular flexibility index (Phi) is 8.07. The molecule has 0 aliphatic carbocycles. The number of nitrogens with zero attached hydrogens (tertiary/aromatic N) is 5. The minimum atomic E-state index is -0.496. The van der Waals surface area contributed by atoms with E-state index in [2.05, 4.69) is 25.7 Å². The highest BCUT2D eigenvalue weighted by atomic mass is 16.6.